The summed E-state index contributed by atoms with van der Waals surface area (Å²) in [5.41, 5.74) is 1.56. The van der Waals surface area contributed by atoms with Gasteiger partial charge in [0.05, 0.1) is 5.75 Å². The van der Waals surface area contributed by atoms with E-state index in [-0.39, 0.29) is 11.8 Å². The van der Waals surface area contributed by atoms with Crippen LogP contribution in [0, 0.1) is 0 Å². The van der Waals surface area contributed by atoms with E-state index in [4.69, 9.17) is 9.47 Å². The first-order valence-corrected chi connectivity index (χ1v) is 10.0. The molecule has 0 amide bonds. The monoisotopic (exact) mass is 411 g/mol. The number of sulfonamides is 1. The summed E-state index contributed by atoms with van der Waals surface area (Å²) in [4.78, 5) is 0. The van der Waals surface area contributed by atoms with Crippen molar-refractivity contribution in [3.05, 3.63) is 58.1 Å². The van der Waals surface area contributed by atoms with E-state index in [9.17, 15) is 8.42 Å². The summed E-state index contributed by atoms with van der Waals surface area (Å²) in [6, 6.07) is 12.4. The molecule has 5 nitrogen and oxygen atoms in total. The lowest BCUT2D eigenvalue weighted by Gasteiger charge is -2.21. The van der Waals surface area contributed by atoms with Gasteiger partial charge in [0, 0.05) is 10.5 Å². The summed E-state index contributed by atoms with van der Waals surface area (Å²) >= 11 is 3.35. The van der Waals surface area contributed by atoms with Gasteiger partial charge in [0.15, 0.2) is 11.5 Å². The van der Waals surface area contributed by atoms with E-state index in [1.54, 1.807) is 12.1 Å². The van der Waals surface area contributed by atoms with Crippen molar-refractivity contribution in [2.45, 2.75) is 18.7 Å². The van der Waals surface area contributed by atoms with Crippen LogP contribution >= 0.6 is 15.9 Å². The lowest BCUT2D eigenvalue weighted by Crippen LogP contribution is -2.28. The maximum absolute atomic E-state index is 12.4. The Labute approximate surface area is 150 Å². The third kappa shape index (κ3) is 4.28. The molecule has 0 unspecified atom stereocenters. The molecule has 1 aliphatic rings. The lowest BCUT2D eigenvalue weighted by atomic mass is 10.1. The minimum Gasteiger partial charge on any atom is -0.486 e. The number of hydrogen-bond acceptors (Lipinski definition) is 4. The standard InChI is InChI=1S/C17H18BrNO4S/c1-12(14-5-6-16-17(10-14)23-8-7-22-16)19-24(20,21)11-13-3-2-4-15(18)9-13/h2-6,9-10,12,19H,7-8,11H2,1H3/t12-/m1/s1. The Morgan fingerprint density at radius 2 is 1.88 bits per heavy atom. The fraction of sp³-hybridized carbons (Fsp3) is 0.294. The Hall–Kier alpha value is -1.57. The van der Waals surface area contributed by atoms with E-state index in [0.29, 0.717) is 24.7 Å². The summed E-state index contributed by atoms with van der Waals surface area (Å²) < 4.78 is 39.4. The van der Waals surface area contributed by atoms with Gasteiger partial charge in [0.1, 0.15) is 13.2 Å². The third-order valence-electron chi connectivity index (χ3n) is 3.67. The molecular weight excluding hydrogens is 394 g/mol. The molecule has 128 valence electrons. The van der Waals surface area contributed by atoms with Crippen molar-refractivity contribution < 1.29 is 17.9 Å². The van der Waals surface area contributed by atoms with E-state index in [2.05, 4.69) is 20.7 Å². The molecule has 0 fully saturated rings. The average Bonchev–Trinajstić information content (AvgIpc) is 2.53. The Morgan fingerprint density at radius 1 is 1.12 bits per heavy atom. The molecule has 0 saturated carbocycles. The average molecular weight is 412 g/mol. The first kappa shape index (κ1) is 17.3. The topological polar surface area (TPSA) is 64.6 Å². The molecule has 0 spiro atoms. The third-order valence-corrected chi connectivity index (χ3v) is 5.59. The van der Waals surface area contributed by atoms with E-state index in [1.165, 1.54) is 0 Å². The van der Waals surface area contributed by atoms with Crippen LogP contribution in [-0.2, 0) is 15.8 Å². The number of hydrogen-bond donors (Lipinski definition) is 1. The van der Waals surface area contributed by atoms with Crippen LogP contribution in [0.4, 0.5) is 0 Å². The molecule has 0 bridgehead atoms. The molecule has 1 atom stereocenters. The first-order chi connectivity index (χ1) is 11.4. The molecule has 1 heterocycles. The number of halogens is 1. The predicted molar refractivity (Wildman–Crippen MR) is 95.7 cm³/mol. The van der Waals surface area contributed by atoms with Crippen molar-refractivity contribution in [3.8, 4) is 11.5 Å². The van der Waals surface area contributed by atoms with Crippen molar-refractivity contribution in [1.29, 1.82) is 0 Å². The maximum atomic E-state index is 12.4. The quantitative estimate of drug-likeness (QED) is 0.818. The van der Waals surface area contributed by atoms with Gasteiger partial charge in [0.25, 0.3) is 0 Å². The second-order valence-corrected chi connectivity index (χ2v) is 8.30. The van der Waals surface area contributed by atoms with Gasteiger partial charge in [-0.05, 0) is 42.3 Å². The second kappa shape index (κ2) is 7.13. The summed E-state index contributed by atoms with van der Waals surface area (Å²) in [6.07, 6.45) is 0. The summed E-state index contributed by atoms with van der Waals surface area (Å²) in [5, 5.41) is 0. The fourth-order valence-corrected chi connectivity index (χ4v) is 4.38. The Morgan fingerprint density at radius 3 is 2.62 bits per heavy atom. The fourth-order valence-electron chi connectivity index (χ4n) is 2.55. The van der Waals surface area contributed by atoms with Crippen molar-refractivity contribution in [2.24, 2.45) is 0 Å². The Balaban J connectivity index is 1.72. The van der Waals surface area contributed by atoms with Gasteiger partial charge < -0.3 is 9.47 Å². The molecule has 1 N–H and O–H groups in total. The predicted octanol–water partition coefficient (Wildman–Crippen LogP) is 3.40. The highest BCUT2D eigenvalue weighted by atomic mass is 79.9. The molecule has 2 aromatic rings. The Kier molecular flexibility index (Phi) is 5.12. The normalized spacial score (nSPS) is 15.1. The summed E-state index contributed by atoms with van der Waals surface area (Å²) in [5.74, 6) is 1.27. The van der Waals surface area contributed by atoms with Gasteiger partial charge in [-0.3, -0.25) is 0 Å². The number of rotatable bonds is 5. The highest BCUT2D eigenvalue weighted by Gasteiger charge is 2.19. The summed E-state index contributed by atoms with van der Waals surface area (Å²) in [6.45, 7) is 2.84. The number of ether oxygens (including phenoxy) is 2. The van der Waals surface area contributed by atoms with Crippen LogP contribution in [0.25, 0.3) is 0 Å². The zero-order chi connectivity index (χ0) is 17.2. The first-order valence-electron chi connectivity index (χ1n) is 7.57. The van der Waals surface area contributed by atoms with E-state index in [0.717, 1.165) is 15.6 Å². The largest absolute Gasteiger partial charge is 0.486 e. The zero-order valence-corrected chi connectivity index (χ0v) is 15.6. The molecule has 7 heteroatoms. The molecule has 0 saturated heterocycles. The summed E-state index contributed by atoms with van der Waals surface area (Å²) in [7, 11) is -3.46. The molecule has 0 aromatic heterocycles. The van der Waals surface area contributed by atoms with Crippen molar-refractivity contribution >= 4 is 26.0 Å². The van der Waals surface area contributed by atoms with Gasteiger partial charge in [-0.25, -0.2) is 13.1 Å². The van der Waals surface area contributed by atoms with Crippen LogP contribution in [0.5, 0.6) is 11.5 Å². The molecule has 0 radical (unpaired) electrons. The number of benzene rings is 2. The maximum Gasteiger partial charge on any atom is 0.216 e. The molecular formula is C17H18BrNO4S. The van der Waals surface area contributed by atoms with Crippen molar-refractivity contribution in [3.63, 3.8) is 0 Å². The van der Waals surface area contributed by atoms with E-state index < -0.39 is 10.0 Å². The van der Waals surface area contributed by atoms with Gasteiger partial charge in [0.2, 0.25) is 10.0 Å². The van der Waals surface area contributed by atoms with Crippen molar-refractivity contribution in [2.75, 3.05) is 13.2 Å². The van der Waals surface area contributed by atoms with E-state index >= 15 is 0 Å². The highest BCUT2D eigenvalue weighted by molar-refractivity contribution is 9.10. The number of nitrogens with one attached hydrogen (secondary N) is 1. The van der Waals surface area contributed by atoms with Gasteiger partial charge >= 0.3 is 0 Å². The molecule has 1 aliphatic heterocycles. The molecule has 24 heavy (non-hydrogen) atoms. The van der Waals surface area contributed by atoms with Crippen LogP contribution in [0.2, 0.25) is 0 Å². The van der Waals surface area contributed by atoms with Crippen LogP contribution in [0.3, 0.4) is 0 Å². The van der Waals surface area contributed by atoms with Gasteiger partial charge in [-0.1, -0.05) is 34.1 Å². The smallest absolute Gasteiger partial charge is 0.216 e. The van der Waals surface area contributed by atoms with E-state index in [1.807, 2.05) is 37.3 Å². The van der Waals surface area contributed by atoms with Crippen LogP contribution in [0.15, 0.2) is 46.9 Å². The molecule has 2 aromatic carbocycles. The minimum atomic E-state index is -3.46. The van der Waals surface area contributed by atoms with Crippen molar-refractivity contribution in [1.82, 2.24) is 4.72 Å². The highest BCUT2D eigenvalue weighted by Crippen LogP contribution is 2.32. The number of fused-ring (bicyclic) bond motifs is 1. The molecule has 0 aliphatic carbocycles. The van der Waals surface area contributed by atoms with Gasteiger partial charge in [-0.15, -0.1) is 0 Å². The second-order valence-electron chi connectivity index (χ2n) is 5.63. The van der Waals surface area contributed by atoms with Crippen LogP contribution in [-0.4, -0.2) is 21.6 Å². The molecule has 3 rings (SSSR count). The Bertz CT molecular complexity index is 838. The van der Waals surface area contributed by atoms with Gasteiger partial charge in [-0.2, -0.15) is 0 Å². The lowest BCUT2D eigenvalue weighted by molar-refractivity contribution is 0.171. The zero-order valence-electron chi connectivity index (χ0n) is 13.2. The minimum absolute atomic E-state index is 0.0681. The van der Waals surface area contributed by atoms with Crippen LogP contribution < -0.4 is 14.2 Å². The van der Waals surface area contributed by atoms with Crippen LogP contribution in [0.1, 0.15) is 24.1 Å². The SMILES string of the molecule is C[C@@H](NS(=O)(=O)Cc1cccc(Br)c1)c1ccc2c(c1)OCCO2.